The van der Waals surface area contributed by atoms with Crippen LogP contribution in [0.5, 0.6) is 0 Å². The van der Waals surface area contributed by atoms with E-state index in [0.29, 0.717) is 10.8 Å². The van der Waals surface area contributed by atoms with E-state index in [-0.39, 0.29) is 46.9 Å². The van der Waals surface area contributed by atoms with Crippen molar-refractivity contribution < 1.29 is 46.3 Å². The standard InChI is InChI=1S/C12H9ClFN3S2.2ClH.Cu/c13-10-6-8(3-4-11(10)14)16-12(18)17-15-7-9-2-1-5-19-9;;;/h1-7H,(H2,16,17,18);2*1H;/q;;;+2/p-2/b15-7+;;;. The van der Waals surface area contributed by atoms with Gasteiger partial charge in [0.2, 0.25) is 0 Å². The van der Waals surface area contributed by atoms with Crippen LogP contribution in [0.3, 0.4) is 0 Å². The second-order valence-electron chi connectivity index (χ2n) is 3.47. The van der Waals surface area contributed by atoms with Crippen LogP contribution in [0.1, 0.15) is 4.88 Å². The average Bonchev–Trinajstić information content (AvgIpc) is 2.87. The summed E-state index contributed by atoms with van der Waals surface area (Å²) >= 11 is 12.3. The van der Waals surface area contributed by atoms with Gasteiger partial charge in [0.15, 0.2) is 5.11 Å². The van der Waals surface area contributed by atoms with Gasteiger partial charge in [0.1, 0.15) is 5.82 Å². The summed E-state index contributed by atoms with van der Waals surface area (Å²) in [6, 6.07) is 8.13. The van der Waals surface area contributed by atoms with E-state index in [0.717, 1.165) is 4.88 Å². The van der Waals surface area contributed by atoms with Crippen LogP contribution in [0, 0.1) is 5.82 Å². The van der Waals surface area contributed by atoms with Crippen molar-refractivity contribution in [1.29, 1.82) is 0 Å². The van der Waals surface area contributed by atoms with Crippen molar-refractivity contribution in [2.45, 2.75) is 0 Å². The maximum Gasteiger partial charge on any atom is 2.00 e. The predicted octanol–water partition coefficient (Wildman–Crippen LogP) is -2.13. The first-order valence-electron chi connectivity index (χ1n) is 5.24. The Hall–Kier alpha value is -0.401. The van der Waals surface area contributed by atoms with Gasteiger partial charge in [0.25, 0.3) is 0 Å². The van der Waals surface area contributed by atoms with Crippen molar-refractivity contribution in [2.24, 2.45) is 5.10 Å². The molecule has 2 rings (SSSR count). The molecule has 1 aromatic heterocycles. The largest absolute Gasteiger partial charge is 2.00 e. The molecular weight excluding hydrogens is 439 g/mol. The molecule has 0 saturated heterocycles. The van der Waals surface area contributed by atoms with E-state index < -0.39 is 5.82 Å². The predicted molar refractivity (Wildman–Crippen MR) is 82.7 cm³/mol. The Morgan fingerprint density at radius 2 is 2.05 bits per heavy atom. The molecule has 0 aliphatic carbocycles. The van der Waals surface area contributed by atoms with Gasteiger partial charge < -0.3 is 30.1 Å². The zero-order chi connectivity index (χ0) is 13.7. The number of hydrazone groups is 1. The number of benzene rings is 1. The van der Waals surface area contributed by atoms with Crippen molar-refractivity contribution in [3.63, 3.8) is 0 Å². The summed E-state index contributed by atoms with van der Waals surface area (Å²) in [6.07, 6.45) is 1.66. The quantitative estimate of drug-likeness (QED) is 0.244. The van der Waals surface area contributed by atoms with E-state index in [1.165, 1.54) is 18.2 Å². The molecule has 10 heteroatoms. The third kappa shape index (κ3) is 7.74. The van der Waals surface area contributed by atoms with Gasteiger partial charge in [0, 0.05) is 10.6 Å². The van der Waals surface area contributed by atoms with Gasteiger partial charge in [-0.05, 0) is 41.9 Å². The minimum absolute atomic E-state index is 0. The number of anilines is 1. The molecule has 2 N–H and O–H groups in total. The van der Waals surface area contributed by atoms with Crippen LogP contribution in [-0.2, 0) is 17.1 Å². The van der Waals surface area contributed by atoms with Crippen LogP contribution in [-0.4, -0.2) is 11.3 Å². The van der Waals surface area contributed by atoms with Gasteiger partial charge in [-0.3, -0.25) is 5.43 Å². The van der Waals surface area contributed by atoms with E-state index in [1.807, 2.05) is 17.5 Å². The molecule has 0 atom stereocenters. The summed E-state index contributed by atoms with van der Waals surface area (Å²) in [4.78, 5) is 1.01. The first-order chi connectivity index (χ1) is 9.15. The first kappa shape index (κ1) is 23.9. The molecular formula is C12H9Cl3CuFN3S2. The SMILES string of the molecule is Fc1ccc(NC(=S)N/N=C/c2cccs2)cc1Cl.[Cl-].[Cl-].[Cu+2]. The number of nitrogens with one attached hydrogen (secondary N) is 2. The third-order valence-electron chi connectivity index (χ3n) is 2.08. The smallest absolute Gasteiger partial charge is 1.00 e. The molecule has 3 nitrogen and oxygen atoms in total. The van der Waals surface area contributed by atoms with Crippen LogP contribution in [0.25, 0.3) is 0 Å². The number of rotatable bonds is 3. The van der Waals surface area contributed by atoms with E-state index >= 15 is 0 Å². The van der Waals surface area contributed by atoms with Crippen molar-refractivity contribution in [1.82, 2.24) is 5.43 Å². The van der Waals surface area contributed by atoms with Gasteiger partial charge in [-0.2, -0.15) is 5.10 Å². The van der Waals surface area contributed by atoms with E-state index in [2.05, 4.69) is 15.8 Å². The molecule has 2 aromatic rings. The Morgan fingerprint density at radius 1 is 1.32 bits per heavy atom. The Kier molecular flexibility index (Phi) is 13.1. The number of thiophene rings is 1. The van der Waals surface area contributed by atoms with E-state index in [4.69, 9.17) is 23.8 Å². The molecule has 0 aliphatic rings. The zero-order valence-corrected chi connectivity index (χ0v) is 15.5. The molecule has 0 amide bonds. The first-order valence-corrected chi connectivity index (χ1v) is 6.90. The fraction of sp³-hybridized carbons (Fsp3) is 0. The van der Waals surface area contributed by atoms with Crippen LogP contribution in [0.4, 0.5) is 10.1 Å². The van der Waals surface area contributed by atoms with E-state index in [1.54, 1.807) is 17.6 Å². The molecule has 0 spiro atoms. The second-order valence-corrected chi connectivity index (χ2v) is 5.26. The molecule has 0 saturated carbocycles. The number of halogens is 4. The molecule has 0 bridgehead atoms. The average molecular weight is 448 g/mol. The third-order valence-corrected chi connectivity index (χ3v) is 3.37. The monoisotopic (exact) mass is 446 g/mol. The minimum atomic E-state index is -0.471. The van der Waals surface area contributed by atoms with Gasteiger partial charge in [-0.15, -0.1) is 11.3 Å². The fourth-order valence-corrected chi connectivity index (χ4v) is 2.19. The van der Waals surface area contributed by atoms with Crippen LogP contribution in [0.2, 0.25) is 5.02 Å². The maximum absolute atomic E-state index is 13.0. The van der Waals surface area contributed by atoms with Gasteiger partial charge in [-0.1, -0.05) is 17.7 Å². The molecule has 0 aliphatic heterocycles. The molecule has 0 unspecified atom stereocenters. The Bertz CT molecular complexity index is 612. The topological polar surface area (TPSA) is 36.4 Å². The Labute approximate surface area is 165 Å². The summed E-state index contributed by atoms with van der Waals surface area (Å²) in [5.74, 6) is -0.471. The van der Waals surface area contributed by atoms with Gasteiger partial charge in [-0.25, -0.2) is 4.39 Å². The van der Waals surface area contributed by atoms with Crippen LogP contribution in [0.15, 0.2) is 40.8 Å². The van der Waals surface area contributed by atoms with Crippen molar-refractivity contribution in [3.05, 3.63) is 51.4 Å². The number of hydrogen-bond acceptors (Lipinski definition) is 3. The van der Waals surface area contributed by atoms with Crippen LogP contribution >= 0.6 is 35.2 Å². The summed E-state index contributed by atoms with van der Waals surface area (Å²) < 4.78 is 13.0. The second kappa shape index (κ2) is 12.1. The zero-order valence-electron chi connectivity index (χ0n) is 10.6. The van der Waals surface area contributed by atoms with Gasteiger partial charge in [0.05, 0.1) is 11.2 Å². The summed E-state index contributed by atoms with van der Waals surface area (Å²) in [7, 11) is 0. The number of hydrogen-bond donors (Lipinski definition) is 2. The van der Waals surface area contributed by atoms with Crippen molar-refractivity contribution in [3.8, 4) is 0 Å². The van der Waals surface area contributed by atoms with Crippen molar-refractivity contribution in [2.75, 3.05) is 5.32 Å². The summed E-state index contributed by atoms with van der Waals surface area (Å²) in [5.41, 5.74) is 3.26. The summed E-state index contributed by atoms with van der Waals surface area (Å²) in [5, 5.41) is 9.12. The minimum Gasteiger partial charge on any atom is -1.00 e. The number of thiocarbonyl (C=S) groups is 1. The maximum atomic E-state index is 13.0. The molecule has 1 heterocycles. The van der Waals surface area contributed by atoms with E-state index in [9.17, 15) is 4.39 Å². The van der Waals surface area contributed by atoms with Gasteiger partial charge >= 0.3 is 17.1 Å². The molecule has 1 aromatic carbocycles. The Morgan fingerprint density at radius 3 is 2.64 bits per heavy atom. The Balaban J connectivity index is 0. The molecule has 22 heavy (non-hydrogen) atoms. The van der Waals surface area contributed by atoms with Crippen LogP contribution < -0.4 is 35.6 Å². The molecule has 1 radical (unpaired) electrons. The number of nitrogens with zero attached hydrogens (tertiary/aromatic N) is 1. The molecule has 0 fully saturated rings. The molecule has 123 valence electrons. The summed E-state index contributed by atoms with van der Waals surface area (Å²) in [6.45, 7) is 0. The fourth-order valence-electron chi connectivity index (χ4n) is 1.25. The van der Waals surface area contributed by atoms with Crippen molar-refractivity contribution >= 4 is 52.2 Å². The normalized spacial score (nSPS) is 9.18.